The summed E-state index contributed by atoms with van der Waals surface area (Å²) < 4.78 is 5.92. The molecule has 0 bridgehead atoms. The van der Waals surface area contributed by atoms with Crippen LogP contribution in [0.3, 0.4) is 0 Å². The van der Waals surface area contributed by atoms with Gasteiger partial charge in [-0.1, -0.05) is 17.7 Å². The van der Waals surface area contributed by atoms with Crippen molar-refractivity contribution >= 4 is 44.9 Å². The van der Waals surface area contributed by atoms with Crippen LogP contribution in [-0.2, 0) is 13.2 Å². The molecule has 34 heavy (non-hydrogen) atoms. The lowest BCUT2D eigenvalue weighted by Crippen LogP contribution is -2.07. The second-order valence-corrected chi connectivity index (χ2v) is 8.59. The first-order valence-electron chi connectivity index (χ1n) is 10.8. The molecule has 7 nitrogen and oxygen atoms in total. The lowest BCUT2D eigenvalue weighted by atomic mass is 9.96. The molecule has 0 spiro atoms. The number of ether oxygens (including phenoxy) is 1. The molecule has 5 rings (SSSR count). The van der Waals surface area contributed by atoms with Gasteiger partial charge in [-0.15, -0.1) is 0 Å². The standard InChI is InChI=1S/C26H23ClN6O/c1-15-7-21-20(5-6-29-26(21)28)16(2)22(15)12-31-24-10-25(33-14-32-24)34-13-17-3-4-23-18(8-17)9-19(27)11-30-23/h3-11,14H,12-13H2,1-2H3,(H2,28,29)(H,31,32,33). The highest BCUT2D eigenvalue weighted by molar-refractivity contribution is 6.31. The van der Waals surface area contributed by atoms with E-state index < -0.39 is 0 Å². The molecular weight excluding hydrogens is 448 g/mol. The number of halogens is 1. The van der Waals surface area contributed by atoms with Gasteiger partial charge >= 0.3 is 0 Å². The van der Waals surface area contributed by atoms with E-state index >= 15 is 0 Å². The number of benzene rings is 2. The fraction of sp³-hybridized carbons (Fsp3) is 0.154. The van der Waals surface area contributed by atoms with Crippen molar-refractivity contribution in [2.75, 3.05) is 11.1 Å². The normalized spacial score (nSPS) is 11.1. The van der Waals surface area contributed by atoms with Crippen LogP contribution in [0, 0.1) is 13.8 Å². The van der Waals surface area contributed by atoms with Gasteiger partial charge in [-0.25, -0.2) is 15.0 Å². The molecule has 5 aromatic rings. The van der Waals surface area contributed by atoms with E-state index in [2.05, 4.69) is 45.2 Å². The molecule has 3 heterocycles. The van der Waals surface area contributed by atoms with Crippen molar-refractivity contribution in [3.8, 4) is 5.88 Å². The molecule has 0 aliphatic carbocycles. The Morgan fingerprint density at radius 2 is 1.85 bits per heavy atom. The van der Waals surface area contributed by atoms with E-state index in [0.29, 0.717) is 35.7 Å². The summed E-state index contributed by atoms with van der Waals surface area (Å²) in [7, 11) is 0. The monoisotopic (exact) mass is 470 g/mol. The van der Waals surface area contributed by atoms with Gasteiger partial charge in [0.15, 0.2) is 0 Å². The van der Waals surface area contributed by atoms with Crippen molar-refractivity contribution in [2.24, 2.45) is 0 Å². The molecule has 0 saturated heterocycles. The van der Waals surface area contributed by atoms with Gasteiger partial charge in [0, 0.05) is 35.8 Å². The average Bonchev–Trinajstić information content (AvgIpc) is 2.83. The number of nitrogens with zero attached hydrogens (tertiary/aromatic N) is 4. The van der Waals surface area contributed by atoms with Gasteiger partial charge in [0.2, 0.25) is 5.88 Å². The minimum absolute atomic E-state index is 0.372. The first-order chi connectivity index (χ1) is 16.5. The van der Waals surface area contributed by atoms with Crippen LogP contribution in [0.25, 0.3) is 21.7 Å². The van der Waals surface area contributed by atoms with Gasteiger partial charge in [-0.05, 0) is 71.8 Å². The van der Waals surface area contributed by atoms with Crippen LogP contribution in [0.4, 0.5) is 11.6 Å². The van der Waals surface area contributed by atoms with Crippen molar-refractivity contribution in [3.63, 3.8) is 0 Å². The Bertz CT molecular complexity index is 1520. The number of hydrogen-bond acceptors (Lipinski definition) is 7. The number of hydrogen-bond donors (Lipinski definition) is 2. The Kier molecular flexibility index (Phi) is 5.86. The van der Waals surface area contributed by atoms with E-state index in [1.807, 2.05) is 30.3 Å². The maximum absolute atomic E-state index is 6.06. The molecule has 8 heteroatoms. The quantitative estimate of drug-likeness (QED) is 0.332. The molecule has 0 amide bonds. The van der Waals surface area contributed by atoms with E-state index in [-0.39, 0.29) is 0 Å². The van der Waals surface area contributed by atoms with Gasteiger partial charge in [0.05, 0.1) is 10.5 Å². The van der Waals surface area contributed by atoms with Crippen LogP contribution in [0.5, 0.6) is 5.88 Å². The molecule has 0 aliphatic rings. The fourth-order valence-electron chi connectivity index (χ4n) is 4.10. The predicted molar refractivity (Wildman–Crippen MR) is 136 cm³/mol. The van der Waals surface area contributed by atoms with Gasteiger partial charge in [-0.3, -0.25) is 4.98 Å². The fourth-order valence-corrected chi connectivity index (χ4v) is 4.26. The summed E-state index contributed by atoms with van der Waals surface area (Å²) in [6.45, 7) is 5.17. The maximum atomic E-state index is 6.06. The van der Waals surface area contributed by atoms with Crippen molar-refractivity contribution in [3.05, 3.63) is 88.5 Å². The van der Waals surface area contributed by atoms with Gasteiger partial charge in [0.1, 0.15) is 24.6 Å². The Morgan fingerprint density at radius 3 is 2.74 bits per heavy atom. The summed E-state index contributed by atoms with van der Waals surface area (Å²) >= 11 is 6.06. The van der Waals surface area contributed by atoms with Crippen LogP contribution in [0.2, 0.25) is 5.02 Å². The second kappa shape index (κ2) is 9.11. The molecule has 0 unspecified atom stereocenters. The molecular formula is C26H23ClN6O. The summed E-state index contributed by atoms with van der Waals surface area (Å²) in [5.41, 5.74) is 11.5. The van der Waals surface area contributed by atoms with Crippen molar-refractivity contribution < 1.29 is 4.74 Å². The third kappa shape index (κ3) is 4.43. The zero-order valence-corrected chi connectivity index (χ0v) is 19.6. The van der Waals surface area contributed by atoms with Crippen LogP contribution in [-0.4, -0.2) is 19.9 Å². The van der Waals surface area contributed by atoms with Crippen molar-refractivity contribution in [2.45, 2.75) is 27.0 Å². The van der Waals surface area contributed by atoms with Crippen LogP contribution >= 0.6 is 11.6 Å². The highest BCUT2D eigenvalue weighted by atomic mass is 35.5. The number of fused-ring (bicyclic) bond motifs is 2. The summed E-state index contributed by atoms with van der Waals surface area (Å²) in [4.78, 5) is 17.1. The molecule has 0 radical (unpaired) electrons. The zero-order chi connectivity index (χ0) is 23.7. The minimum Gasteiger partial charge on any atom is -0.473 e. The second-order valence-electron chi connectivity index (χ2n) is 8.15. The third-order valence-corrected chi connectivity index (χ3v) is 6.11. The van der Waals surface area contributed by atoms with E-state index in [4.69, 9.17) is 22.1 Å². The van der Waals surface area contributed by atoms with E-state index in [9.17, 15) is 0 Å². The molecule has 0 fully saturated rings. The van der Waals surface area contributed by atoms with Gasteiger partial charge < -0.3 is 15.8 Å². The Hall–Kier alpha value is -3.97. The molecule has 0 atom stereocenters. The number of rotatable bonds is 6. The third-order valence-electron chi connectivity index (χ3n) is 5.90. The smallest absolute Gasteiger partial charge is 0.218 e. The van der Waals surface area contributed by atoms with Crippen molar-refractivity contribution in [1.82, 2.24) is 19.9 Å². The maximum Gasteiger partial charge on any atom is 0.218 e. The van der Waals surface area contributed by atoms with Gasteiger partial charge in [0.25, 0.3) is 0 Å². The Labute approximate surface area is 202 Å². The number of nitrogen functional groups attached to an aromatic ring is 1. The first kappa shape index (κ1) is 21.9. The molecule has 3 N–H and O–H groups in total. The van der Waals surface area contributed by atoms with Crippen LogP contribution < -0.4 is 15.8 Å². The van der Waals surface area contributed by atoms with E-state index in [1.165, 1.54) is 17.5 Å². The molecule has 170 valence electrons. The average molecular weight is 471 g/mol. The lowest BCUT2D eigenvalue weighted by molar-refractivity contribution is 0.293. The summed E-state index contributed by atoms with van der Waals surface area (Å²) in [5.74, 6) is 1.73. The zero-order valence-electron chi connectivity index (χ0n) is 18.8. The number of pyridine rings is 2. The number of aryl methyl sites for hydroxylation is 2. The Balaban J connectivity index is 1.29. The van der Waals surface area contributed by atoms with Crippen LogP contribution in [0.15, 0.2) is 61.2 Å². The largest absolute Gasteiger partial charge is 0.473 e. The lowest BCUT2D eigenvalue weighted by Gasteiger charge is -2.15. The van der Waals surface area contributed by atoms with Crippen LogP contribution in [0.1, 0.15) is 22.3 Å². The number of nitrogens with one attached hydrogen (secondary N) is 1. The van der Waals surface area contributed by atoms with E-state index in [1.54, 1.807) is 18.5 Å². The minimum atomic E-state index is 0.372. The summed E-state index contributed by atoms with van der Waals surface area (Å²) in [6.07, 6.45) is 4.88. The van der Waals surface area contributed by atoms with Gasteiger partial charge in [-0.2, -0.15) is 0 Å². The summed E-state index contributed by atoms with van der Waals surface area (Å²) in [5, 5.41) is 7.05. The highest BCUT2D eigenvalue weighted by Gasteiger charge is 2.11. The predicted octanol–water partition coefficient (Wildman–Crippen LogP) is 5.62. The van der Waals surface area contributed by atoms with Crippen molar-refractivity contribution in [1.29, 1.82) is 0 Å². The highest BCUT2D eigenvalue weighted by Crippen LogP contribution is 2.28. The molecule has 0 aliphatic heterocycles. The number of anilines is 2. The van der Waals surface area contributed by atoms with E-state index in [0.717, 1.165) is 32.8 Å². The molecule has 0 saturated carbocycles. The topological polar surface area (TPSA) is 98.8 Å². The summed E-state index contributed by atoms with van der Waals surface area (Å²) in [6, 6.07) is 13.7. The number of nitrogens with two attached hydrogens (primary N) is 1. The Morgan fingerprint density at radius 1 is 0.971 bits per heavy atom. The first-order valence-corrected chi connectivity index (χ1v) is 11.2. The molecule has 3 aromatic heterocycles. The molecule has 2 aromatic carbocycles. The SMILES string of the molecule is Cc1cc2c(N)nccc2c(C)c1CNc1cc(OCc2ccc3ncc(Cl)cc3c2)ncn1. The number of aromatic nitrogens is 4.